The van der Waals surface area contributed by atoms with E-state index in [9.17, 15) is 15.0 Å². The number of rotatable bonds is 6. The number of hydrogen-bond donors (Lipinski definition) is 3. The lowest BCUT2D eigenvalue weighted by Gasteiger charge is -2.38. The minimum Gasteiger partial charge on any atom is -0.470 e. The van der Waals surface area contributed by atoms with Crippen molar-refractivity contribution in [1.29, 1.82) is 0 Å². The van der Waals surface area contributed by atoms with E-state index in [0.717, 1.165) is 21.7 Å². The molecular formula is C21H28ClN3O4S. The Kier molecular flexibility index (Phi) is 7.36. The SMILES string of the molecule is CCOc1ncc(C2(O)CCN(CC(O)c3ccc4c(c3)CCC(=O)N4)CC2)s1.Cl. The fourth-order valence-corrected chi connectivity index (χ4v) is 4.95. The summed E-state index contributed by atoms with van der Waals surface area (Å²) >= 11 is 1.41. The molecule has 2 aliphatic rings. The first kappa shape index (κ1) is 23.0. The zero-order chi connectivity index (χ0) is 20.4. The van der Waals surface area contributed by atoms with Crippen molar-refractivity contribution in [2.45, 2.75) is 44.3 Å². The first-order chi connectivity index (χ1) is 14.0. The highest BCUT2D eigenvalue weighted by molar-refractivity contribution is 7.13. The maximum Gasteiger partial charge on any atom is 0.273 e. The summed E-state index contributed by atoms with van der Waals surface area (Å²) in [5.41, 5.74) is 1.91. The van der Waals surface area contributed by atoms with Crippen LogP contribution in [0.2, 0.25) is 0 Å². The van der Waals surface area contributed by atoms with E-state index in [1.54, 1.807) is 6.20 Å². The smallest absolute Gasteiger partial charge is 0.273 e. The van der Waals surface area contributed by atoms with E-state index in [4.69, 9.17) is 4.74 Å². The van der Waals surface area contributed by atoms with Crippen LogP contribution in [0.4, 0.5) is 5.69 Å². The van der Waals surface area contributed by atoms with Gasteiger partial charge in [-0.3, -0.25) is 4.79 Å². The molecule has 4 rings (SSSR count). The highest BCUT2D eigenvalue weighted by Gasteiger charge is 2.36. The van der Waals surface area contributed by atoms with Crippen molar-refractivity contribution in [3.05, 3.63) is 40.4 Å². The van der Waals surface area contributed by atoms with Gasteiger partial charge in [-0.05, 0) is 43.4 Å². The Labute approximate surface area is 186 Å². The molecule has 1 amide bonds. The maximum atomic E-state index is 11.5. The highest BCUT2D eigenvalue weighted by Crippen LogP contribution is 2.38. The van der Waals surface area contributed by atoms with E-state index in [0.29, 0.717) is 57.1 Å². The van der Waals surface area contributed by atoms with E-state index < -0.39 is 11.7 Å². The summed E-state index contributed by atoms with van der Waals surface area (Å²) in [6.45, 7) is 4.41. The average molecular weight is 454 g/mol. The molecule has 1 aromatic carbocycles. The Morgan fingerprint density at radius 2 is 2.10 bits per heavy atom. The zero-order valence-electron chi connectivity index (χ0n) is 17.0. The number of anilines is 1. The topological polar surface area (TPSA) is 94.9 Å². The van der Waals surface area contributed by atoms with Crippen molar-refractivity contribution in [2.24, 2.45) is 0 Å². The Morgan fingerprint density at radius 3 is 2.83 bits per heavy atom. The number of nitrogens with one attached hydrogen (secondary N) is 1. The Hall–Kier alpha value is -1.71. The third kappa shape index (κ3) is 4.95. The molecule has 1 fully saturated rings. The van der Waals surface area contributed by atoms with Crippen LogP contribution >= 0.6 is 23.7 Å². The lowest BCUT2D eigenvalue weighted by Crippen LogP contribution is -2.43. The fourth-order valence-electron chi connectivity index (χ4n) is 3.98. The minimum atomic E-state index is -0.876. The quantitative estimate of drug-likeness (QED) is 0.622. The number of β-amino-alcohol motifs (C(OH)–C–C–N with tert-alkyl or cyclic N) is 1. The number of aromatic nitrogens is 1. The number of nitrogens with zero attached hydrogens (tertiary/aromatic N) is 2. The summed E-state index contributed by atoms with van der Waals surface area (Å²) in [5, 5.41) is 25.2. The van der Waals surface area contributed by atoms with Gasteiger partial charge >= 0.3 is 0 Å². The van der Waals surface area contributed by atoms with Crippen LogP contribution in [0.5, 0.6) is 5.19 Å². The van der Waals surface area contributed by atoms with Crippen LogP contribution in [0.3, 0.4) is 0 Å². The molecule has 0 radical (unpaired) electrons. The first-order valence-electron chi connectivity index (χ1n) is 10.1. The molecule has 1 atom stereocenters. The third-order valence-corrected chi connectivity index (χ3v) is 6.84. The second-order valence-electron chi connectivity index (χ2n) is 7.74. The molecule has 3 heterocycles. The number of hydrogen-bond acceptors (Lipinski definition) is 7. The molecule has 30 heavy (non-hydrogen) atoms. The lowest BCUT2D eigenvalue weighted by atomic mass is 9.90. The van der Waals surface area contributed by atoms with Crippen molar-refractivity contribution in [3.63, 3.8) is 0 Å². The number of likely N-dealkylation sites (tertiary alicyclic amines) is 1. The van der Waals surface area contributed by atoms with Crippen molar-refractivity contribution in [3.8, 4) is 5.19 Å². The van der Waals surface area contributed by atoms with Gasteiger partial charge in [-0.2, -0.15) is 0 Å². The van der Waals surface area contributed by atoms with Crippen molar-refractivity contribution >= 4 is 35.3 Å². The summed E-state index contributed by atoms with van der Waals surface area (Å²) in [6.07, 6.45) is 3.51. The predicted molar refractivity (Wildman–Crippen MR) is 118 cm³/mol. The fraction of sp³-hybridized carbons (Fsp3) is 0.524. The molecule has 7 nitrogen and oxygen atoms in total. The van der Waals surface area contributed by atoms with Crippen molar-refractivity contribution < 1.29 is 19.7 Å². The molecule has 0 saturated carbocycles. The van der Waals surface area contributed by atoms with E-state index in [1.165, 1.54) is 11.3 Å². The number of ether oxygens (including phenoxy) is 1. The number of aryl methyl sites for hydroxylation is 1. The van der Waals surface area contributed by atoms with Crippen molar-refractivity contribution in [2.75, 3.05) is 31.6 Å². The summed E-state index contributed by atoms with van der Waals surface area (Å²) in [7, 11) is 0. The van der Waals surface area contributed by atoms with E-state index in [-0.39, 0.29) is 18.3 Å². The molecule has 0 aliphatic carbocycles. The molecular weight excluding hydrogens is 426 g/mol. The van der Waals surface area contributed by atoms with Crippen LogP contribution < -0.4 is 10.1 Å². The largest absolute Gasteiger partial charge is 0.470 e. The van der Waals surface area contributed by atoms with Crippen LogP contribution in [0.1, 0.15) is 48.3 Å². The lowest BCUT2D eigenvalue weighted by molar-refractivity contribution is -0.116. The van der Waals surface area contributed by atoms with E-state index in [1.807, 2.05) is 25.1 Å². The molecule has 0 spiro atoms. The monoisotopic (exact) mass is 453 g/mol. The molecule has 1 saturated heterocycles. The number of fused-ring (bicyclic) bond motifs is 1. The van der Waals surface area contributed by atoms with Gasteiger partial charge in [-0.1, -0.05) is 23.5 Å². The standard InChI is InChI=1S/C21H27N3O4S.ClH/c1-2-28-20-22-12-18(29-20)21(27)7-9-24(10-8-21)13-17(25)15-3-5-16-14(11-15)4-6-19(26)23-16;/h3,5,11-12,17,25,27H,2,4,6-10,13H2,1H3,(H,23,26);1H. The van der Waals surface area contributed by atoms with Crippen LogP contribution in [0, 0.1) is 0 Å². The van der Waals surface area contributed by atoms with Crippen LogP contribution in [-0.4, -0.2) is 52.2 Å². The van der Waals surface area contributed by atoms with E-state index in [2.05, 4.69) is 15.2 Å². The van der Waals surface area contributed by atoms with Crippen LogP contribution in [0.25, 0.3) is 0 Å². The number of carbonyl (C=O) groups excluding carboxylic acids is 1. The average Bonchev–Trinajstić information content (AvgIpc) is 3.19. The summed E-state index contributed by atoms with van der Waals surface area (Å²) < 4.78 is 5.42. The van der Waals surface area contributed by atoms with Crippen LogP contribution in [0.15, 0.2) is 24.4 Å². The van der Waals surface area contributed by atoms with Gasteiger partial charge in [-0.25, -0.2) is 4.98 Å². The number of aliphatic hydroxyl groups is 2. The molecule has 2 aromatic rings. The number of carbonyl (C=O) groups is 1. The summed E-state index contributed by atoms with van der Waals surface area (Å²) in [4.78, 5) is 18.8. The second kappa shape index (κ2) is 9.62. The number of benzene rings is 1. The molecule has 1 unspecified atom stereocenters. The Morgan fingerprint density at radius 1 is 1.33 bits per heavy atom. The first-order valence-corrected chi connectivity index (χ1v) is 10.9. The number of halogens is 1. The Bertz CT molecular complexity index is 883. The predicted octanol–water partition coefficient (Wildman–Crippen LogP) is 2.87. The second-order valence-corrected chi connectivity index (χ2v) is 8.73. The summed E-state index contributed by atoms with van der Waals surface area (Å²) in [6, 6.07) is 5.74. The molecule has 9 heteroatoms. The zero-order valence-corrected chi connectivity index (χ0v) is 18.6. The van der Waals surface area contributed by atoms with E-state index >= 15 is 0 Å². The minimum absolute atomic E-state index is 0. The maximum absolute atomic E-state index is 11.5. The van der Waals surface area contributed by atoms with Gasteiger partial charge in [0.2, 0.25) is 5.91 Å². The van der Waals surface area contributed by atoms with Gasteiger partial charge in [0.1, 0.15) is 5.60 Å². The van der Waals surface area contributed by atoms with Gasteiger partial charge in [0, 0.05) is 37.9 Å². The van der Waals surface area contributed by atoms with Crippen molar-refractivity contribution in [1.82, 2.24) is 9.88 Å². The third-order valence-electron chi connectivity index (χ3n) is 5.73. The molecule has 0 bridgehead atoms. The van der Waals surface area contributed by atoms with Gasteiger partial charge in [0.25, 0.3) is 5.19 Å². The van der Waals surface area contributed by atoms with Gasteiger partial charge in [0.15, 0.2) is 0 Å². The molecule has 164 valence electrons. The molecule has 2 aliphatic heterocycles. The summed E-state index contributed by atoms with van der Waals surface area (Å²) in [5.74, 6) is 0.0425. The number of amides is 1. The van der Waals surface area contributed by atoms with Gasteiger partial charge in [-0.15, -0.1) is 12.4 Å². The highest BCUT2D eigenvalue weighted by atomic mass is 35.5. The number of aliphatic hydroxyl groups excluding tert-OH is 1. The molecule has 1 aromatic heterocycles. The van der Waals surface area contributed by atoms with Gasteiger partial charge < -0.3 is 25.2 Å². The molecule has 3 N–H and O–H groups in total. The van der Waals surface area contributed by atoms with Gasteiger partial charge in [0.05, 0.1) is 17.6 Å². The van der Waals surface area contributed by atoms with Crippen LogP contribution in [-0.2, 0) is 16.8 Å². The number of thiazole rings is 1. The Balaban J connectivity index is 0.00000256. The normalized spacial score (nSPS) is 19.4. The number of piperidine rings is 1.